The summed E-state index contributed by atoms with van der Waals surface area (Å²) in [5.74, 6) is 2.45. The van der Waals surface area contributed by atoms with Crippen LogP contribution in [0.25, 0.3) is 54.7 Å². The zero-order valence-corrected chi connectivity index (χ0v) is 49.6. The summed E-state index contributed by atoms with van der Waals surface area (Å²) in [6.07, 6.45) is 3.93. The van der Waals surface area contributed by atoms with Crippen LogP contribution >= 0.6 is 0 Å². The van der Waals surface area contributed by atoms with Gasteiger partial charge < -0.3 is 19.6 Å². The third kappa shape index (κ3) is 8.11. The summed E-state index contributed by atoms with van der Waals surface area (Å²) in [6, 6.07) is 75.6. The minimum absolute atomic E-state index is 0.0647. The van der Waals surface area contributed by atoms with Gasteiger partial charge in [0.05, 0.1) is 22.4 Å². The molecule has 2 aliphatic heterocycles. The highest BCUT2D eigenvalue weighted by Crippen LogP contribution is 2.50. The van der Waals surface area contributed by atoms with E-state index in [2.05, 4.69) is 312 Å². The van der Waals surface area contributed by atoms with Crippen molar-refractivity contribution in [2.75, 3.05) is 19.6 Å². The van der Waals surface area contributed by atoms with Crippen LogP contribution in [-0.2, 0) is 0 Å². The van der Waals surface area contributed by atoms with Gasteiger partial charge in [-0.25, -0.2) is 0 Å². The first kappa shape index (κ1) is 52.2. The van der Waals surface area contributed by atoms with Crippen LogP contribution in [0.4, 0.5) is 45.8 Å². The van der Waals surface area contributed by atoms with Gasteiger partial charge >= 0.3 is 0 Å². The van der Waals surface area contributed by atoms with Crippen LogP contribution in [0.1, 0.15) is 109 Å². The summed E-state index contributed by atoms with van der Waals surface area (Å²) in [7, 11) is 0. The normalized spacial score (nSPS) is 13.1. The molecule has 0 bridgehead atoms. The van der Waals surface area contributed by atoms with Gasteiger partial charge in [-0.1, -0.05) is 143 Å². The molecule has 6 nitrogen and oxygen atoms in total. The molecule has 2 aromatic heterocycles. The summed E-state index contributed by atoms with van der Waals surface area (Å²) < 4.78 is 5.39. The number of anilines is 8. The van der Waals surface area contributed by atoms with Crippen molar-refractivity contribution in [2.45, 2.75) is 131 Å². The maximum absolute atomic E-state index is 2.78. The van der Waals surface area contributed by atoms with Gasteiger partial charge in [-0.3, -0.25) is 9.13 Å². The van der Waals surface area contributed by atoms with Crippen LogP contribution in [0.5, 0.6) is 0 Å². The second-order valence-electron chi connectivity index (χ2n) is 25.4. The molecule has 0 saturated carbocycles. The van der Waals surface area contributed by atoms with E-state index in [1.165, 1.54) is 82.7 Å². The number of aromatic nitrogens is 2. The Morgan fingerprint density at radius 1 is 0.346 bits per heavy atom. The molecule has 81 heavy (non-hydrogen) atoms. The topological polar surface area (TPSA) is 22.8 Å². The van der Waals surface area contributed by atoms with Crippen molar-refractivity contribution in [1.29, 1.82) is 0 Å². The van der Waals surface area contributed by atoms with Gasteiger partial charge in [-0.2, -0.15) is 0 Å². The van der Waals surface area contributed by atoms with E-state index in [4.69, 9.17) is 0 Å². The first-order chi connectivity index (χ1) is 39.0. The SMILES string of the molecule is CCC(C)(C)N(c1cc2c(N(c3ccccc3)c3ccc4ccccc4c3)ccc3c2n1-c1cccc2c1B3c1ccc(N(c3ccccc3)c3ccc4ccccc4c3)c3cc(N(C(C)(C)CC)C(C)(C)CC)n-2c13)C(C)(C)CC. The Labute approximate surface area is 480 Å². The Kier molecular flexibility index (Phi) is 12.4. The van der Waals surface area contributed by atoms with E-state index in [1.807, 2.05) is 0 Å². The summed E-state index contributed by atoms with van der Waals surface area (Å²) in [4.78, 5) is 10.6. The van der Waals surface area contributed by atoms with Crippen LogP contribution in [0.15, 0.2) is 200 Å². The Hall–Kier alpha value is -8.16. The summed E-state index contributed by atoms with van der Waals surface area (Å²) in [6.45, 7) is 28.9. The van der Waals surface area contributed by atoms with Crippen molar-refractivity contribution >= 4 is 112 Å². The molecular formula is C74H77BN6. The zero-order chi connectivity index (χ0) is 56.3. The summed E-state index contributed by atoms with van der Waals surface area (Å²) in [5, 5.41) is 7.38. The van der Waals surface area contributed by atoms with Crippen molar-refractivity contribution in [1.82, 2.24) is 9.13 Å². The van der Waals surface area contributed by atoms with Crippen LogP contribution in [0.3, 0.4) is 0 Å². The maximum atomic E-state index is 2.78. The standard InChI is InChI=1S/C74H77BN6/c1-13-71(5,6)80(72(7,8)14-2)66-48-58-62(76(54-32-19-17-20-33-54)56-40-38-50-28-23-25-30-52(50)46-56)44-42-60-69(58)78(66)64-36-27-37-65-68(64)75(60)61-43-45-63(59-49-67(79(65)70(59)61)81(73(9,10)15-3)74(11,12)16-4)77(55-34-21-18-22-35-55)57-41-39-51-29-24-26-31-53(51)47-57/h17-49H,13-16H2,1-12H3. The molecule has 0 unspecified atom stereocenters. The minimum atomic E-state index is -0.187. The second kappa shape index (κ2) is 19.3. The van der Waals surface area contributed by atoms with E-state index in [1.54, 1.807) is 0 Å². The molecule has 0 fully saturated rings. The number of nitrogens with zero attached hydrogens (tertiary/aromatic N) is 6. The van der Waals surface area contributed by atoms with Gasteiger partial charge in [0.15, 0.2) is 0 Å². The van der Waals surface area contributed by atoms with Crippen molar-refractivity contribution in [2.24, 2.45) is 0 Å². The molecule has 11 aromatic rings. The molecule has 0 atom stereocenters. The highest BCUT2D eigenvalue weighted by Gasteiger charge is 2.47. The molecule has 2 aliphatic rings. The monoisotopic (exact) mass is 1060 g/mol. The fraction of sp³-hybridized carbons (Fsp3) is 0.270. The zero-order valence-electron chi connectivity index (χ0n) is 49.6. The van der Waals surface area contributed by atoms with E-state index in [0.717, 1.165) is 59.8 Å². The van der Waals surface area contributed by atoms with Crippen molar-refractivity contribution in [3.05, 3.63) is 200 Å². The Morgan fingerprint density at radius 2 is 0.704 bits per heavy atom. The second-order valence-corrected chi connectivity index (χ2v) is 25.4. The first-order valence-corrected chi connectivity index (χ1v) is 29.8. The van der Waals surface area contributed by atoms with E-state index < -0.39 is 0 Å². The number of para-hydroxylation sites is 2. The van der Waals surface area contributed by atoms with Crippen molar-refractivity contribution in [3.63, 3.8) is 0 Å². The van der Waals surface area contributed by atoms with Crippen LogP contribution in [0, 0.1) is 0 Å². The third-order valence-corrected chi connectivity index (χ3v) is 19.2. The van der Waals surface area contributed by atoms with Crippen molar-refractivity contribution in [3.8, 4) is 11.4 Å². The molecule has 0 radical (unpaired) electrons. The molecule has 9 aromatic carbocycles. The third-order valence-electron chi connectivity index (χ3n) is 19.2. The van der Waals surface area contributed by atoms with Crippen LogP contribution in [0.2, 0.25) is 0 Å². The Balaban J connectivity index is 1.16. The number of hydrogen-bond donors (Lipinski definition) is 0. The van der Waals surface area contributed by atoms with E-state index in [9.17, 15) is 0 Å². The Morgan fingerprint density at radius 3 is 1.07 bits per heavy atom. The van der Waals surface area contributed by atoms with Crippen molar-refractivity contribution < 1.29 is 0 Å². The summed E-state index contributed by atoms with van der Waals surface area (Å²) in [5.41, 5.74) is 15.1. The minimum Gasteiger partial charge on any atom is -0.347 e. The van der Waals surface area contributed by atoms with Gasteiger partial charge in [0, 0.05) is 67.1 Å². The quantitative estimate of drug-likeness (QED) is 0.0900. The maximum Gasteiger partial charge on any atom is 0.252 e. The van der Waals surface area contributed by atoms with Gasteiger partial charge in [0.2, 0.25) is 0 Å². The molecule has 0 N–H and O–H groups in total. The highest BCUT2D eigenvalue weighted by atomic mass is 15.3. The molecule has 13 rings (SSSR count). The molecule has 0 amide bonds. The van der Waals surface area contributed by atoms with E-state index >= 15 is 0 Å². The van der Waals surface area contributed by atoms with E-state index in [0.29, 0.717) is 0 Å². The van der Waals surface area contributed by atoms with Gasteiger partial charge in [0.25, 0.3) is 6.71 Å². The number of rotatable bonds is 16. The predicted octanol–water partition coefficient (Wildman–Crippen LogP) is 18.3. The lowest BCUT2D eigenvalue weighted by Crippen LogP contribution is -2.61. The first-order valence-electron chi connectivity index (χ1n) is 29.8. The highest BCUT2D eigenvalue weighted by molar-refractivity contribution is 7.00. The fourth-order valence-corrected chi connectivity index (χ4v) is 14.2. The van der Waals surface area contributed by atoms with Crippen LogP contribution < -0.4 is 36.0 Å². The molecular weight excluding hydrogens is 984 g/mol. The molecule has 0 saturated heterocycles. The lowest BCUT2D eigenvalue weighted by Gasteiger charge is -2.51. The van der Waals surface area contributed by atoms with Gasteiger partial charge in [-0.05, 0) is 204 Å². The van der Waals surface area contributed by atoms with E-state index in [-0.39, 0.29) is 28.9 Å². The predicted molar refractivity (Wildman–Crippen MR) is 352 cm³/mol. The van der Waals surface area contributed by atoms with Gasteiger partial charge in [-0.15, -0.1) is 0 Å². The average Bonchev–Trinajstić information content (AvgIpc) is 2.21. The summed E-state index contributed by atoms with van der Waals surface area (Å²) >= 11 is 0. The lowest BCUT2D eigenvalue weighted by molar-refractivity contribution is 0.319. The van der Waals surface area contributed by atoms with Gasteiger partial charge in [0.1, 0.15) is 11.6 Å². The average molecular weight is 1060 g/mol. The van der Waals surface area contributed by atoms with Crippen LogP contribution in [-0.4, -0.2) is 38.0 Å². The number of hydrogen-bond acceptors (Lipinski definition) is 4. The Bertz CT molecular complexity index is 3920. The molecule has 0 spiro atoms. The smallest absolute Gasteiger partial charge is 0.252 e. The molecule has 406 valence electrons. The molecule has 4 heterocycles. The number of benzene rings is 9. The fourth-order valence-electron chi connectivity index (χ4n) is 14.2. The number of fused-ring (bicyclic) bond motifs is 6. The lowest BCUT2D eigenvalue weighted by atomic mass is 9.34. The molecule has 0 aliphatic carbocycles. The molecule has 7 heteroatoms. The largest absolute Gasteiger partial charge is 0.347 e.